The average molecular weight is 469 g/mol. The quantitative estimate of drug-likeness (QED) is 0.358. The van der Waals surface area contributed by atoms with E-state index in [1.165, 1.54) is 7.11 Å². The summed E-state index contributed by atoms with van der Waals surface area (Å²) in [6.45, 7) is 4.64. The predicted molar refractivity (Wildman–Crippen MR) is 130 cm³/mol. The number of esters is 1. The second-order valence-electron chi connectivity index (χ2n) is 8.21. The second-order valence-corrected chi connectivity index (χ2v) is 8.21. The zero-order chi connectivity index (χ0) is 24.4. The predicted octanol–water partition coefficient (Wildman–Crippen LogP) is 3.77. The molecule has 10 nitrogen and oxygen atoms in total. The highest BCUT2D eigenvalue weighted by molar-refractivity contribution is 5.91. The van der Waals surface area contributed by atoms with Crippen LogP contribution in [0.5, 0.6) is 0 Å². The van der Waals surface area contributed by atoms with Crippen LogP contribution in [0.2, 0.25) is 0 Å². The summed E-state index contributed by atoms with van der Waals surface area (Å²) >= 11 is 0. The van der Waals surface area contributed by atoms with Crippen molar-refractivity contribution in [2.24, 2.45) is 0 Å². The topological polar surface area (TPSA) is 124 Å². The summed E-state index contributed by atoms with van der Waals surface area (Å²) in [6.07, 6.45) is 5.24. The molecule has 5 aromatic rings. The molecular formula is C25H24N8O2. The molecule has 176 valence electrons. The molecular weight excluding hydrogens is 444 g/mol. The van der Waals surface area contributed by atoms with Gasteiger partial charge in [0.05, 0.1) is 13.7 Å². The number of pyridine rings is 2. The maximum absolute atomic E-state index is 12.2. The molecule has 0 atom stereocenters. The first kappa shape index (κ1) is 22.3. The molecule has 5 rings (SSSR count). The van der Waals surface area contributed by atoms with E-state index in [2.05, 4.69) is 66.3 Å². The molecule has 0 aliphatic rings. The van der Waals surface area contributed by atoms with Crippen LogP contribution in [0.25, 0.3) is 33.7 Å². The number of benzene rings is 1. The van der Waals surface area contributed by atoms with Gasteiger partial charge in [0.25, 0.3) is 0 Å². The third-order valence-corrected chi connectivity index (χ3v) is 5.85. The van der Waals surface area contributed by atoms with Crippen molar-refractivity contribution in [1.29, 1.82) is 0 Å². The number of nitrogens with zero attached hydrogens (tertiary/aromatic N) is 7. The van der Waals surface area contributed by atoms with Crippen molar-refractivity contribution in [2.75, 3.05) is 7.11 Å². The fraction of sp³-hybridized carbons (Fsp3) is 0.240. The van der Waals surface area contributed by atoms with Gasteiger partial charge in [0.2, 0.25) is 5.82 Å². The largest absolute Gasteiger partial charge is 0.464 e. The Balaban J connectivity index is 1.52. The Morgan fingerprint density at radius 1 is 1.11 bits per heavy atom. The monoisotopic (exact) mass is 468 g/mol. The van der Waals surface area contributed by atoms with Gasteiger partial charge in [0.15, 0.2) is 11.3 Å². The third kappa shape index (κ3) is 4.25. The van der Waals surface area contributed by atoms with Gasteiger partial charge in [0, 0.05) is 24.4 Å². The first-order valence-corrected chi connectivity index (χ1v) is 11.3. The van der Waals surface area contributed by atoms with Crippen LogP contribution < -0.4 is 0 Å². The van der Waals surface area contributed by atoms with Crippen LogP contribution in [0.15, 0.2) is 48.8 Å². The summed E-state index contributed by atoms with van der Waals surface area (Å²) in [7, 11) is 1.36. The van der Waals surface area contributed by atoms with E-state index >= 15 is 0 Å². The van der Waals surface area contributed by atoms with E-state index in [0.717, 1.165) is 52.0 Å². The molecule has 35 heavy (non-hydrogen) atoms. The molecule has 0 aliphatic carbocycles. The standard InChI is InChI=1S/C25H24N8O2/c1-4-5-21-28-22-15(2)12-20(25(34)35-3)27-24(22)33(21)14-16-6-8-17(9-7-16)18-10-11-26-13-19(18)23-29-31-32-30-23/h6-13H,4-5,14H2,1-3H3,(H,29,30,31,32). The minimum atomic E-state index is -0.459. The minimum absolute atomic E-state index is 0.281. The molecule has 1 N–H and O–H groups in total. The highest BCUT2D eigenvalue weighted by Gasteiger charge is 2.18. The number of carbonyl (C=O) groups is 1. The van der Waals surface area contributed by atoms with E-state index in [0.29, 0.717) is 18.0 Å². The van der Waals surface area contributed by atoms with Crippen molar-refractivity contribution < 1.29 is 9.53 Å². The van der Waals surface area contributed by atoms with Crippen molar-refractivity contribution in [1.82, 2.24) is 40.1 Å². The molecule has 0 saturated heterocycles. The molecule has 0 aliphatic heterocycles. The number of fused-ring (bicyclic) bond motifs is 1. The van der Waals surface area contributed by atoms with E-state index in [1.54, 1.807) is 18.5 Å². The summed E-state index contributed by atoms with van der Waals surface area (Å²) in [5.41, 5.74) is 6.54. The molecule has 0 bridgehead atoms. The molecule has 0 fully saturated rings. The molecule has 10 heteroatoms. The number of tetrazole rings is 1. The number of rotatable bonds is 7. The van der Waals surface area contributed by atoms with Gasteiger partial charge in [0.1, 0.15) is 11.3 Å². The van der Waals surface area contributed by atoms with Gasteiger partial charge in [-0.25, -0.2) is 14.8 Å². The number of methoxy groups -OCH3 is 1. The number of aromatic nitrogens is 8. The van der Waals surface area contributed by atoms with Crippen LogP contribution in [0, 0.1) is 6.92 Å². The summed E-state index contributed by atoms with van der Waals surface area (Å²) in [5, 5.41) is 14.3. The number of ether oxygens (including phenoxy) is 1. The number of hydrogen-bond donors (Lipinski definition) is 1. The Bertz CT molecular complexity index is 1490. The fourth-order valence-corrected chi connectivity index (χ4v) is 4.15. The Morgan fingerprint density at radius 3 is 2.66 bits per heavy atom. The number of nitrogens with one attached hydrogen (secondary N) is 1. The lowest BCUT2D eigenvalue weighted by Gasteiger charge is -2.11. The average Bonchev–Trinajstić information content (AvgIpc) is 3.54. The first-order valence-electron chi connectivity index (χ1n) is 11.3. The highest BCUT2D eigenvalue weighted by Crippen LogP contribution is 2.29. The van der Waals surface area contributed by atoms with E-state index in [1.807, 2.05) is 13.0 Å². The maximum Gasteiger partial charge on any atom is 0.356 e. The lowest BCUT2D eigenvalue weighted by Crippen LogP contribution is -2.09. The molecule has 0 unspecified atom stereocenters. The van der Waals surface area contributed by atoms with Crippen molar-refractivity contribution in [3.8, 4) is 22.5 Å². The summed E-state index contributed by atoms with van der Waals surface area (Å²) in [6, 6.07) is 11.9. The zero-order valence-corrected chi connectivity index (χ0v) is 19.7. The van der Waals surface area contributed by atoms with E-state index < -0.39 is 5.97 Å². The van der Waals surface area contributed by atoms with Crippen molar-refractivity contribution in [3.63, 3.8) is 0 Å². The van der Waals surface area contributed by atoms with Gasteiger partial charge in [-0.1, -0.05) is 31.2 Å². The molecule has 0 radical (unpaired) electrons. The van der Waals surface area contributed by atoms with Crippen LogP contribution in [-0.4, -0.2) is 53.2 Å². The lowest BCUT2D eigenvalue weighted by atomic mass is 10.00. The van der Waals surface area contributed by atoms with Crippen molar-refractivity contribution >= 4 is 17.1 Å². The number of aromatic amines is 1. The Labute approximate surface area is 201 Å². The zero-order valence-electron chi connectivity index (χ0n) is 19.7. The fourth-order valence-electron chi connectivity index (χ4n) is 4.15. The van der Waals surface area contributed by atoms with E-state index in [9.17, 15) is 4.79 Å². The maximum atomic E-state index is 12.2. The molecule has 4 aromatic heterocycles. The van der Waals surface area contributed by atoms with E-state index in [4.69, 9.17) is 9.72 Å². The van der Waals surface area contributed by atoms with Crippen LogP contribution in [-0.2, 0) is 17.7 Å². The minimum Gasteiger partial charge on any atom is -0.464 e. The Hall–Kier alpha value is -4.47. The van der Waals surface area contributed by atoms with Gasteiger partial charge in [-0.05, 0) is 52.9 Å². The number of aryl methyl sites for hydroxylation is 2. The Morgan fingerprint density at radius 2 is 1.94 bits per heavy atom. The van der Waals surface area contributed by atoms with Gasteiger partial charge in [-0.3, -0.25) is 4.98 Å². The molecule has 4 heterocycles. The van der Waals surface area contributed by atoms with Crippen molar-refractivity contribution in [2.45, 2.75) is 33.2 Å². The molecule has 0 amide bonds. The number of imidazole rings is 1. The summed E-state index contributed by atoms with van der Waals surface area (Å²) < 4.78 is 6.98. The first-order chi connectivity index (χ1) is 17.1. The van der Waals surface area contributed by atoms with Gasteiger partial charge >= 0.3 is 5.97 Å². The van der Waals surface area contributed by atoms with Gasteiger partial charge in [-0.2, -0.15) is 5.21 Å². The van der Waals surface area contributed by atoms with Crippen LogP contribution in [0.3, 0.4) is 0 Å². The second kappa shape index (κ2) is 9.41. The number of hydrogen-bond acceptors (Lipinski definition) is 8. The van der Waals surface area contributed by atoms with Crippen LogP contribution in [0.4, 0.5) is 0 Å². The summed E-state index contributed by atoms with van der Waals surface area (Å²) in [4.78, 5) is 25.8. The third-order valence-electron chi connectivity index (χ3n) is 5.85. The molecule has 1 aromatic carbocycles. The molecule has 0 spiro atoms. The SMILES string of the molecule is CCCc1nc2c(C)cc(C(=O)OC)nc2n1Cc1ccc(-c2ccncc2-c2nn[nH]n2)cc1. The van der Waals surface area contributed by atoms with Crippen LogP contribution >= 0.6 is 0 Å². The lowest BCUT2D eigenvalue weighted by molar-refractivity contribution is 0.0594. The number of H-pyrrole nitrogens is 1. The highest BCUT2D eigenvalue weighted by atomic mass is 16.5. The van der Waals surface area contributed by atoms with Gasteiger partial charge < -0.3 is 9.30 Å². The summed E-state index contributed by atoms with van der Waals surface area (Å²) in [5.74, 6) is 0.978. The normalized spacial score (nSPS) is 11.2. The number of carbonyl (C=O) groups excluding carboxylic acids is 1. The molecule has 0 saturated carbocycles. The van der Waals surface area contributed by atoms with Gasteiger partial charge in [-0.15, -0.1) is 10.2 Å². The van der Waals surface area contributed by atoms with Crippen LogP contribution in [0.1, 0.15) is 40.8 Å². The smallest absolute Gasteiger partial charge is 0.356 e. The van der Waals surface area contributed by atoms with Crippen molar-refractivity contribution in [3.05, 3.63) is 71.4 Å². The Kier molecular flexibility index (Phi) is 6.01. The van der Waals surface area contributed by atoms with E-state index in [-0.39, 0.29) is 5.69 Å².